The summed E-state index contributed by atoms with van der Waals surface area (Å²) in [5.41, 5.74) is 5.44. The van der Waals surface area contributed by atoms with Crippen molar-refractivity contribution in [2.45, 2.75) is 6.18 Å². The van der Waals surface area contributed by atoms with Gasteiger partial charge in [-0.2, -0.15) is 18.2 Å². The first-order valence-electron chi connectivity index (χ1n) is 8.54. The van der Waals surface area contributed by atoms with Crippen LogP contribution in [0.3, 0.4) is 0 Å². The van der Waals surface area contributed by atoms with E-state index < -0.39 is 18.7 Å². The Bertz CT molecular complexity index is 750. The van der Waals surface area contributed by atoms with Crippen molar-refractivity contribution in [2.75, 3.05) is 44.7 Å². The number of nitrogens with two attached hydrogens (primary N) is 1. The number of nitrogens with zero attached hydrogens (tertiary/aromatic N) is 4. The standard InChI is InChI=1S/C12H16F3N3O.C6H6N2O/c1-17-5-7-18(8-6-17)10-3-2-4-11(16-10)19-9-12(13,14)15;7-6(9)5-1-3-8-4-2-5/h2-4H,5-9H2,1H3;1-4H,(H2,7,9). The summed E-state index contributed by atoms with van der Waals surface area (Å²) in [6.45, 7) is 2.13. The van der Waals surface area contributed by atoms with Gasteiger partial charge in [0, 0.05) is 50.2 Å². The topological polar surface area (TPSA) is 84.6 Å². The zero-order valence-electron chi connectivity index (χ0n) is 15.4. The number of likely N-dealkylation sites (N-methyl/N-ethyl adjacent to an activating group) is 1. The molecule has 1 saturated heterocycles. The van der Waals surface area contributed by atoms with Crippen LogP contribution in [0.25, 0.3) is 0 Å². The monoisotopic (exact) mass is 397 g/mol. The Balaban J connectivity index is 0.000000261. The fraction of sp³-hybridized carbons (Fsp3) is 0.389. The minimum absolute atomic E-state index is 0.00810. The summed E-state index contributed by atoms with van der Waals surface area (Å²) in [7, 11) is 2.04. The van der Waals surface area contributed by atoms with E-state index in [9.17, 15) is 18.0 Å². The highest BCUT2D eigenvalue weighted by Gasteiger charge is 2.28. The molecular formula is C18H22F3N5O2. The summed E-state index contributed by atoms with van der Waals surface area (Å²) < 4.78 is 40.9. The predicted octanol–water partition coefficient (Wildman–Crippen LogP) is 1.96. The van der Waals surface area contributed by atoms with Crippen LogP contribution in [0.15, 0.2) is 42.7 Å². The molecule has 28 heavy (non-hydrogen) atoms. The summed E-state index contributed by atoms with van der Waals surface area (Å²) in [6.07, 6.45) is -1.29. The summed E-state index contributed by atoms with van der Waals surface area (Å²) >= 11 is 0. The lowest BCUT2D eigenvalue weighted by atomic mass is 10.3. The molecule has 1 amide bonds. The summed E-state index contributed by atoms with van der Waals surface area (Å²) in [5, 5.41) is 0. The number of anilines is 1. The zero-order valence-corrected chi connectivity index (χ0v) is 15.4. The summed E-state index contributed by atoms with van der Waals surface area (Å²) in [6, 6.07) is 8.02. The van der Waals surface area contributed by atoms with Gasteiger partial charge in [-0.25, -0.2) is 0 Å². The number of piperazine rings is 1. The van der Waals surface area contributed by atoms with Crippen LogP contribution in [0.5, 0.6) is 5.88 Å². The van der Waals surface area contributed by atoms with Crippen molar-refractivity contribution in [3.05, 3.63) is 48.3 Å². The number of rotatable bonds is 4. The van der Waals surface area contributed by atoms with Crippen LogP contribution in [0.2, 0.25) is 0 Å². The highest BCUT2D eigenvalue weighted by atomic mass is 19.4. The molecule has 0 unspecified atom stereocenters. The number of aromatic nitrogens is 2. The Hall–Kier alpha value is -2.88. The molecule has 0 spiro atoms. The third-order valence-electron chi connectivity index (χ3n) is 3.88. The summed E-state index contributed by atoms with van der Waals surface area (Å²) in [5.74, 6) is 0.249. The average molecular weight is 397 g/mol. The van der Waals surface area contributed by atoms with E-state index in [0.717, 1.165) is 26.2 Å². The van der Waals surface area contributed by atoms with E-state index in [1.165, 1.54) is 18.5 Å². The number of primary amides is 1. The molecule has 10 heteroatoms. The molecule has 0 saturated carbocycles. The van der Waals surface area contributed by atoms with E-state index in [0.29, 0.717) is 11.4 Å². The van der Waals surface area contributed by atoms with Gasteiger partial charge in [0.1, 0.15) is 5.82 Å². The second kappa shape index (κ2) is 9.88. The second-order valence-corrected chi connectivity index (χ2v) is 6.13. The number of alkyl halides is 3. The SMILES string of the molecule is CN1CCN(c2cccc(OCC(F)(F)F)n2)CC1.NC(=O)c1ccncc1. The van der Waals surface area contributed by atoms with Crippen LogP contribution in [0.1, 0.15) is 10.4 Å². The fourth-order valence-electron chi connectivity index (χ4n) is 2.37. The number of carbonyl (C=O) groups is 1. The number of ether oxygens (including phenoxy) is 1. The minimum atomic E-state index is -4.34. The highest BCUT2D eigenvalue weighted by molar-refractivity contribution is 5.92. The van der Waals surface area contributed by atoms with Gasteiger partial charge in [-0.15, -0.1) is 0 Å². The molecule has 7 nitrogen and oxygen atoms in total. The maximum absolute atomic E-state index is 12.1. The predicted molar refractivity (Wildman–Crippen MR) is 98.3 cm³/mol. The molecule has 0 atom stereocenters. The van der Waals surface area contributed by atoms with Crippen LogP contribution in [-0.2, 0) is 0 Å². The normalized spacial score (nSPS) is 14.8. The maximum Gasteiger partial charge on any atom is 0.422 e. The zero-order chi connectivity index (χ0) is 20.6. The van der Waals surface area contributed by atoms with Crippen molar-refractivity contribution in [3.8, 4) is 5.88 Å². The van der Waals surface area contributed by atoms with Crippen molar-refractivity contribution in [1.82, 2.24) is 14.9 Å². The van der Waals surface area contributed by atoms with Crippen LogP contribution in [-0.4, -0.2) is 66.8 Å². The molecule has 3 heterocycles. The van der Waals surface area contributed by atoms with Gasteiger partial charge in [0.05, 0.1) is 0 Å². The summed E-state index contributed by atoms with van der Waals surface area (Å²) in [4.78, 5) is 22.5. The molecule has 0 bridgehead atoms. The molecule has 0 aliphatic carbocycles. The molecule has 152 valence electrons. The molecule has 2 aromatic heterocycles. The van der Waals surface area contributed by atoms with Gasteiger partial charge >= 0.3 is 6.18 Å². The quantitative estimate of drug-likeness (QED) is 0.849. The van der Waals surface area contributed by atoms with Crippen LogP contribution < -0.4 is 15.4 Å². The van der Waals surface area contributed by atoms with Crippen molar-refractivity contribution in [3.63, 3.8) is 0 Å². The molecular weight excluding hydrogens is 375 g/mol. The number of amides is 1. The van der Waals surface area contributed by atoms with E-state index in [4.69, 9.17) is 5.73 Å². The molecule has 3 rings (SSSR count). The molecule has 0 aromatic carbocycles. The van der Waals surface area contributed by atoms with Gasteiger partial charge in [-0.3, -0.25) is 9.78 Å². The fourth-order valence-corrected chi connectivity index (χ4v) is 2.37. The lowest BCUT2D eigenvalue weighted by Gasteiger charge is -2.33. The van der Waals surface area contributed by atoms with Gasteiger partial charge < -0.3 is 20.3 Å². The van der Waals surface area contributed by atoms with Gasteiger partial charge in [0.2, 0.25) is 11.8 Å². The van der Waals surface area contributed by atoms with Gasteiger partial charge in [-0.1, -0.05) is 6.07 Å². The van der Waals surface area contributed by atoms with Crippen LogP contribution >= 0.6 is 0 Å². The Labute approximate surface area is 160 Å². The number of pyridine rings is 2. The first-order chi connectivity index (χ1) is 13.2. The second-order valence-electron chi connectivity index (χ2n) is 6.13. The van der Waals surface area contributed by atoms with E-state index in [-0.39, 0.29) is 5.88 Å². The van der Waals surface area contributed by atoms with Crippen molar-refractivity contribution < 1.29 is 22.7 Å². The Morgan fingerprint density at radius 2 is 1.79 bits per heavy atom. The van der Waals surface area contributed by atoms with E-state index in [1.54, 1.807) is 24.3 Å². The van der Waals surface area contributed by atoms with E-state index in [2.05, 4.69) is 19.6 Å². The molecule has 2 aromatic rings. The van der Waals surface area contributed by atoms with E-state index in [1.807, 2.05) is 11.9 Å². The van der Waals surface area contributed by atoms with Crippen LogP contribution in [0.4, 0.5) is 19.0 Å². The van der Waals surface area contributed by atoms with Crippen molar-refractivity contribution in [2.24, 2.45) is 5.73 Å². The smallest absolute Gasteiger partial charge is 0.422 e. The third kappa shape index (κ3) is 7.39. The largest absolute Gasteiger partial charge is 0.468 e. The number of hydrogen-bond acceptors (Lipinski definition) is 6. The first kappa shape index (κ1) is 21.4. The lowest BCUT2D eigenvalue weighted by molar-refractivity contribution is -0.154. The van der Waals surface area contributed by atoms with Gasteiger partial charge in [-0.05, 0) is 25.2 Å². The Kier molecular flexibility index (Phi) is 7.56. The number of hydrogen-bond donors (Lipinski definition) is 1. The number of halogens is 3. The maximum atomic E-state index is 12.1. The first-order valence-corrected chi connectivity index (χ1v) is 8.54. The molecule has 1 aliphatic heterocycles. The Morgan fingerprint density at radius 3 is 2.32 bits per heavy atom. The van der Waals surface area contributed by atoms with Gasteiger partial charge in [0.15, 0.2) is 6.61 Å². The Morgan fingerprint density at radius 1 is 1.14 bits per heavy atom. The van der Waals surface area contributed by atoms with Crippen molar-refractivity contribution >= 4 is 11.7 Å². The van der Waals surface area contributed by atoms with Crippen LogP contribution in [0, 0.1) is 0 Å². The molecule has 0 radical (unpaired) electrons. The molecule has 1 aliphatic rings. The van der Waals surface area contributed by atoms with E-state index >= 15 is 0 Å². The molecule has 1 fully saturated rings. The van der Waals surface area contributed by atoms with Crippen molar-refractivity contribution in [1.29, 1.82) is 0 Å². The number of carbonyl (C=O) groups excluding carboxylic acids is 1. The van der Waals surface area contributed by atoms with Gasteiger partial charge in [0.25, 0.3) is 0 Å². The lowest BCUT2D eigenvalue weighted by Crippen LogP contribution is -2.44. The molecule has 2 N–H and O–H groups in total. The highest BCUT2D eigenvalue weighted by Crippen LogP contribution is 2.20. The third-order valence-corrected chi connectivity index (χ3v) is 3.88. The average Bonchev–Trinajstić information content (AvgIpc) is 2.68. The minimum Gasteiger partial charge on any atom is -0.468 e.